The van der Waals surface area contributed by atoms with Crippen LogP contribution in [0.25, 0.3) is 0 Å². The number of rotatable bonds is 7. The molecule has 2 N–H and O–H groups in total. The largest absolute Gasteiger partial charge is 0.381 e. The molecule has 0 bridgehead atoms. The zero-order chi connectivity index (χ0) is 15.9. The highest BCUT2D eigenvalue weighted by molar-refractivity contribution is 5.14. The molecule has 6 heteroatoms. The van der Waals surface area contributed by atoms with Crippen LogP contribution in [0.2, 0.25) is 0 Å². The molecule has 1 aromatic carbocycles. The van der Waals surface area contributed by atoms with Crippen molar-refractivity contribution in [3.8, 4) is 0 Å². The minimum Gasteiger partial charge on any atom is -0.381 e. The molecule has 0 saturated carbocycles. The molecule has 2 aromatic rings. The van der Waals surface area contributed by atoms with Crippen molar-refractivity contribution in [2.24, 2.45) is 11.7 Å². The van der Waals surface area contributed by atoms with Crippen molar-refractivity contribution in [2.45, 2.75) is 32.5 Å². The van der Waals surface area contributed by atoms with Gasteiger partial charge in [-0.2, -0.15) is 4.98 Å². The third kappa shape index (κ3) is 4.86. The van der Waals surface area contributed by atoms with E-state index in [0.717, 1.165) is 39.1 Å². The van der Waals surface area contributed by atoms with E-state index in [1.807, 2.05) is 6.07 Å². The van der Waals surface area contributed by atoms with Crippen LogP contribution in [0.4, 0.5) is 0 Å². The SMILES string of the molecule is NCc1nc(CN(Cc2ccccc2)CC2CCOCC2)no1. The number of ether oxygens (including phenoxy) is 1. The Bertz CT molecular complexity index is 581. The highest BCUT2D eigenvalue weighted by atomic mass is 16.5. The Morgan fingerprint density at radius 2 is 1.91 bits per heavy atom. The zero-order valence-corrected chi connectivity index (χ0v) is 13.4. The van der Waals surface area contributed by atoms with Gasteiger partial charge in [-0.05, 0) is 24.3 Å². The highest BCUT2D eigenvalue weighted by Gasteiger charge is 2.19. The lowest BCUT2D eigenvalue weighted by atomic mass is 9.99. The van der Waals surface area contributed by atoms with Gasteiger partial charge in [-0.25, -0.2) is 0 Å². The number of hydrogen-bond donors (Lipinski definition) is 1. The minimum absolute atomic E-state index is 0.283. The molecule has 1 fully saturated rings. The molecule has 3 rings (SSSR count). The van der Waals surface area contributed by atoms with Gasteiger partial charge in [-0.1, -0.05) is 35.5 Å². The molecule has 0 radical (unpaired) electrons. The first-order chi connectivity index (χ1) is 11.3. The lowest BCUT2D eigenvalue weighted by Crippen LogP contribution is -2.32. The van der Waals surface area contributed by atoms with Crippen molar-refractivity contribution in [2.75, 3.05) is 19.8 Å². The van der Waals surface area contributed by atoms with Gasteiger partial charge < -0.3 is 15.0 Å². The fraction of sp³-hybridized carbons (Fsp3) is 0.529. The number of benzene rings is 1. The summed E-state index contributed by atoms with van der Waals surface area (Å²) in [5.74, 6) is 1.85. The molecule has 0 spiro atoms. The predicted molar refractivity (Wildman–Crippen MR) is 86.3 cm³/mol. The summed E-state index contributed by atoms with van der Waals surface area (Å²) in [6.07, 6.45) is 2.23. The molecule has 0 aliphatic carbocycles. The topological polar surface area (TPSA) is 77.4 Å². The van der Waals surface area contributed by atoms with Gasteiger partial charge in [0.05, 0.1) is 13.1 Å². The van der Waals surface area contributed by atoms with Gasteiger partial charge in [-0.3, -0.25) is 4.90 Å². The summed E-state index contributed by atoms with van der Waals surface area (Å²) in [7, 11) is 0. The van der Waals surface area contributed by atoms with E-state index in [-0.39, 0.29) is 6.54 Å². The zero-order valence-electron chi connectivity index (χ0n) is 13.4. The highest BCUT2D eigenvalue weighted by Crippen LogP contribution is 2.19. The van der Waals surface area contributed by atoms with Crippen LogP contribution in [0.5, 0.6) is 0 Å². The van der Waals surface area contributed by atoms with Crippen molar-refractivity contribution in [1.82, 2.24) is 15.0 Å². The molecule has 124 valence electrons. The Balaban J connectivity index is 1.66. The predicted octanol–water partition coefficient (Wildman–Crippen LogP) is 1.96. The van der Waals surface area contributed by atoms with Crippen molar-refractivity contribution >= 4 is 0 Å². The summed E-state index contributed by atoms with van der Waals surface area (Å²) < 4.78 is 10.6. The smallest absolute Gasteiger partial charge is 0.240 e. The molecule has 23 heavy (non-hydrogen) atoms. The van der Waals surface area contributed by atoms with Crippen LogP contribution in [-0.4, -0.2) is 34.8 Å². The van der Waals surface area contributed by atoms with Gasteiger partial charge in [0.2, 0.25) is 5.89 Å². The average molecular weight is 316 g/mol. The van der Waals surface area contributed by atoms with Crippen molar-refractivity contribution in [1.29, 1.82) is 0 Å². The van der Waals surface area contributed by atoms with E-state index in [9.17, 15) is 0 Å². The van der Waals surface area contributed by atoms with Gasteiger partial charge >= 0.3 is 0 Å². The maximum atomic E-state index is 5.54. The Morgan fingerprint density at radius 3 is 2.61 bits per heavy atom. The Hall–Kier alpha value is -1.76. The minimum atomic E-state index is 0.283. The number of hydrogen-bond acceptors (Lipinski definition) is 6. The van der Waals surface area contributed by atoms with Crippen molar-refractivity contribution in [3.05, 3.63) is 47.6 Å². The molecule has 1 aliphatic rings. The molecule has 0 unspecified atom stereocenters. The Morgan fingerprint density at radius 1 is 1.13 bits per heavy atom. The maximum Gasteiger partial charge on any atom is 0.240 e. The standard InChI is InChI=1S/C17H24N4O2/c18-10-17-19-16(20-23-17)13-21(11-14-4-2-1-3-5-14)12-15-6-8-22-9-7-15/h1-5,15H,6-13,18H2. The summed E-state index contributed by atoms with van der Waals surface area (Å²) in [6.45, 7) is 4.59. The lowest BCUT2D eigenvalue weighted by Gasteiger charge is -2.29. The van der Waals surface area contributed by atoms with Gasteiger partial charge in [0, 0.05) is 26.3 Å². The summed E-state index contributed by atoms with van der Waals surface area (Å²) in [5, 5.41) is 4.03. The van der Waals surface area contributed by atoms with E-state index in [4.69, 9.17) is 15.0 Å². The summed E-state index contributed by atoms with van der Waals surface area (Å²) >= 11 is 0. The Labute approximate surface area is 136 Å². The molecule has 1 aliphatic heterocycles. The fourth-order valence-corrected chi connectivity index (χ4v) is 2.96. The van der Waals surface area contributed by atoms with Crippen molar-refractivity contribution < 1.29 is 9.26 Å². The first-order valence-corrected chi connectivity index (χ1v) is 8.19. The van der Waals surface area contributed by atoms with E-state index >= 15 is 0 Å². The first-order valence-electron chi connectivity index (χ1n) is 8.19. The van der Waals surface area contributed by atoms with Crippen LogP contribution in [-0.2, 0) is 24.4 Å². The molecule has 2 heterocycles. The quantitative estimate of drug-likeness (QED) is 0.841. The summed E-state index contributed by atoms with van der Waals surface area (Å²) in [6, 6.07) is 10.5. The molecular formula is C17H24N4O2. The first kappa shape index (κ1) is 16.1. The van der Waals surface area contributed by atoms with Crippen LogP contribution in [0, 0.1) is 5.92 Å². The second-order valence-corrected chi connectivity index (χ2v) is 6.02. The van der Waals surface area contributed by atoms with Crippen LogP contribution in [0.1, 0.15) is 30.1 Å². The molecule has 0 amide bonds. The molecule has 1 aromatic heterocycles. The van der Waals surface area contributed by atoms with E-state index in [1.54, 1.807) is 0 Å². The Kier molecular flexibility index (Phi) is 5.74. The molecule has 1 saturated heterocycles. The fourth-order valence-electron chi connectivity index (χ4n) is 2.96. The third-order valence-electron chi connectivity index (χ3n) is 4.16. The third-order valence-corrected chi connectivity index (χ3v) is 4.16. The molecular weight excluding hydrogens is 292 g/mol. The number of nitrogens with zero attached hydrogens (tertiary/aromatic N) is 3. The van der Waals surface area contributed by atoms with Gasteiger partial charge in [0.25, 0.3) is 0 Å². The second kappa shape index (κ2) is 8.19. The van der Waals surface area contributed by atoms with E-state index in [0.29, 0.717) is 24.2 Å². The van der Waals surface area contributed by atoms with E-state index in [2.05, 4.69) is 39.3 Å². The van der Waals surface area contributed by atoms with Crippen LogP contribution >= 0.6 is 0 Å². The van der Waals surface area contributed by atoms with Crippen molar-refractivity contribution in [3.63, 3.8) is 0 Å². The van der Waals surface area contributed by atoms with Gasteiger partial charge in [0.1, 0.15) is 0 Å². The van der Waals surface area contributed by atoms with Crippen LogP contribution in [0.3, 0.4) is 0 Å². The van der Waals surface area contributed by atoms with Crippen LogP contribution < -0.4 is 5.73 Å². The van der Waals surface area contributed by atoms with Gasteiger partial charge in [0.15, 0.2) is 5.82 Å². The lowest BCUT2D eigenvalue weighted by molar-refractivity contribution is 0.0497. The average Bonchev–Trinajstić information content (AvgIpc) is 3.04. The second-order valence-electron chi connectivity index (χ2n) is 6.02. The van der Waals surface area contributed by atoms with Crippen LogP contribution in [0.15, 0.2) is 34.9 Å². The molecule has 0 atom stereocenters. The monoisotopic (exact) mass is 316 g/mol. The number of aromatic nitrogens is 2. The summed E-state index contributed by atoms with van der Waals surface area (Å²) in [4.78, 5) is 6.72. The van der Waals surface area contributed by atoms with Gasteiger partial charge in [-0.15, -0.1) is 0 Å². The normalized spacial score (nSPS) is 16.1. The molecule has 6 nitrogen and oxygen atoms in total. The maximum absolute atomic E-state index is 5.54. The van der Waals surface area contributed by atoms with E-state index < -0.39 is 0 Å². The number of nitrogens with two attached hydrogens (primary N) is 1. The summed E-state index contributed by atoms with van der Waals surface area (Å²) in [5.41, 5.74) is 6.84. The van der Waals surface area contributed by atoms with E-state index in [1.165, 1.54) is 5.56 Å².